The van der Waals surface area contributed by atoms with E-state index in [2.05, 4.69) is 33.2 Å². The number of amides is 1. The van der Waals surface area contributed by atoms with Gasteiger partial charge in [-0.15, -0.1) is 0 Å². The zero-order valence-electron chi connectivity index (χ0n) is 14.1. The number of nitrogens with zero attached hydrogens (tertiary/aromatic N) is 5. The average Bonchev–Trinajstić information content (AvgIpc) is 2.68. The number of nitriles is 1. The van der Waals surface area contributed by atoms with Crippen molar-refractivity contribution in [1.29, 1.82) is 5.26 Å². The first-order chi connectivity index (χ1) is 12.2. The van der Waals surface area contributed by atoms with E-state index in [0.717, 1.165) is 32.7 Å². The quantitative estimate of drug-likeness (QED) is 0.917. The number of nitrogens with one attached hydrogen (secondary N) is 1. The molecule has 7 nitrogen and oxygen atoms in total. The molecule has 128 valence electrons. The smallest absolute Gasteiger partial charge is 0.257 e. The van der Waals surface area contributed by atoms with Crippen LogP contribution < -0.4 is 5.32 Å². The third-order valence-corrected chi connectivity index (χ3v) is 4.30. The van der Waals surface area contributed by atoms with Crippen molar-refractivity contribution in [3.05, 3.63) is 47.8 Å². The summed E-state index contributed by atoms with van der Waals surface area (Å²) in [5.41, 5.74) is 1.63. The number of carbonyl (C=O) groups is 1. The van der Waals surface area contributed by atoms with E-state index in [1.807, 2.05) is 11.0 Å². The molecule has 2 heterocycles. The lowest BCUT2D eigenvalue weighted by Crippen LogP contribution is -2.48. The number of piperazine rings is 1. The van der Waals surface area contributed by atoms with E-state index in [-0.39, 0.29) is 5.91 Å². The fourth-order valence-electron chi connectivity index (χ4n) is 2.76. The van der Waals surface area contributed by atoms with Crippen LogP contribution in [0.4, 0.5) is 11.6 Å². The third-order valence-electron chi connectivity index (χ3n) is 4.30. The summed E-state index contributed by atoms with van der Waals surface area (Å²) in [7, 11) is 0. The van der Waals surface area contributed by atoms with Gasteiger partial charge in [0.1, 0.15) is 6.07 Å². The lowest BCUT2D eigenvalue weighted by molar-refractivity contribution is 0.0642. The summed E-state index contributed by atoms with van der Waals surface area (Å²) in [4.78, 5) is 25.1. The second-order valence-corrected chi connectivity index (χ2v) is 5.80. The highest BCUT2D eigenvalue weighted by molar-refractivity contribution is 5.93. The first kappa shape index (κ1) is 16.9. The Morgan fingerprint density at radius 2 is 1.88 bits per heavy atom. The fourth-order valence-corrected chi connectivity index (χ4v) is 2.76. The van der Waals surface area contributed by atoms with Gasteiger partial charge < -0.3 is 15.1 Å². The lowest BCUT2D eigenvalue weighted by Gasteiger charge is -2.33. The van der Waals surface area contributed by atoms with Crippen LogP contribution in [0.1, 0.15) is 22.8 Å². The van der Waals surface area contributed by atoms with Crippen molar-refractivity contribution < 1.29 is 4.79 Å². The normalized spacial score (nSPS) is 14.8. The van der Waals surface area contributed by atoms with Crippen LogP contribution in [0.2, 0.25) is 0 Å². The van der Waals surface area contributed by atoms with Crippen LogP contribution >= 0.6 is 0 Å². The van der Waals surface area contributed by atoms with Crippen molar-refractivity contribution in [2.24, 2.45) is 0 Å². The van der Waals surface area contributed by atoms with E-state index < -0.39 is 0 Å². The SMILES string of the molecule is CCN1CCN(C(=O)c2cnc(Nc3ccccc3C#N)nc2)CC1. The molecule has 0 aliphatic carbocycles. The Hall–Kier alpha value is -2.98. The van der Waals surface area contributed by atoms with Crippen molar-refractivity contribution >= 4 is 17.5 Å². The van der Waals surface area contributed by atoms with Crippen molar-refractivity contribution in [1.82, 2.24) is 19.8 Å². The van der Waals surface area contributed by atoms with Crippen molar-refractivity contribution in [3.8, 4) is 6.07 Å². The molecule has 0 saturated carbocycles. The number of aromatic nitrogens is 2. The van der Waals surface area contributed by atoms with Crippen molar-refractivity contribution in [2.75, 3.05) is 38.0 Å². The second-order valence-electron chi connectivity index (χ2n) is 5.80. The highest BCUT2D eigenvalue weighted by atomic mass is 16.2. The molecule has 2 aromatic rings. The second kappa shape index (κ2) is 7.73. The van der Waals surface area contributed by atoms with Crippen molar-refractivity contribution in [2.45, 2.75) is 6.92 Å². The molecule has 0 atom stereocenters. The van der Waals surface area contributed by atoms with Crippen LogP contribution in [0.5, 0.6) is 0 Å². The molecule has 7 heteroatoms. The summed E-state index contributed by atoms with van der Waals surface area (Å²) in [5, 5.41) is 12.1. The largest absolute Gasteiger partial charge is 0.336 e. The van der Waals surface area contributed by atoms with Gasteiger partial charge in [0.05, 0.1) is 16.8 Å². The molecule has 0 radical (unpaired) electrons. The van der Waals surface area contributed by atoms with Gasteiger partial charge in [0.2, 0.25) is 5.95 Å². The molecule has 1 amide bonds. The minimum Gasteiger partial charge on any atom is -0.336 e. The molecule has 0 spiro atoms. The Balaban J connectivity index is 1.66. The molecule has 1 aliphatic heterocycles. The molecule has 1 saturated heterocycles. The first-order valence-electron chi connectivity index (χ1n) is 8.31. The topological polar surface area (TPSA) is 85.1 Å². The molecule has 3 rings (SSSR count). The average molecular weight is 336 g/mol. The van der Waals surface area contributed by atoms with E-state index >= 15 is 0 Å². The number of benzene rings is 1. The monoisotopic (exact) mass is 336 g/mol. The summed E-state index contributed by atoms with van der Waals surface area (Å²) in [6, 6.07) is 9.24. The minimum atomic E-state index is -0.0419. The fraction of sp³-hybridized carbons (Fsp3) is 0.333. The molecule has 0 unspecified atom stereocenters. The van der Waals surface area contributed by atoms with E-state index in [4.69, 9.17) is 5.26 Å². The molecule has 0 bridgehead atoms. The van der Waals surface area contributed by atoms with E-state index in [0.29, 0.717) is 22.8 Å². The highest BCUT2D eigenvalue weighted by Crippen LogP contribution is 2.17. The highest BCUT2D eigenvalue weighted by Gasteiger charge is 2.21. The van der Waals surface area contributed by atoms with Gasteiger partial charge in [-0.2, -0.15) is 5.26 Å². The van der Waals surface area contributed by atoms with Gasteiger partial charge in [0, 0.05) is 38.6 Å². The summed E-state index contributed by atoms with van der Waals surface area (Å²) >= 11 is 0. The van der Waals surface area contributed by atoms with Crippen LogP contribution in [0.3, 0.4) is 0 Å². The molecular formula is C18H20N6O. The molecule has 1 fully saturated rings. The molecule has 25 heavy (non-hydrogen) atoms. The summed E-state index contributed by atoms with van der Waals surface area (Å²) in [6.07, 6.45) is 3.05. The van der Waals surface area contributed by atoms with Gasteiger partial charge in [-0.25, -0.2) is 9.97 Å². The predicted molar refractivity (Wildman–Crippen MR) is 94.5 cm³/mol. The Morgan fingerprint density at radius 3 is 2.52 bits per heavy atom. The number of rotatable bonds is 4. The van der Waals surface area contributed by atoms with Gasteiger partial charge >= 0.3 is 0 Å². The Morgan fingerprint density at radius 1 is 1.20 bits per heavy atom. The number of hydrogen-bond donors (Lipinski definition) is 1. The van der Waals surface area contributed by atoms with Crippen LogP contribution in [0.15, 0.2) is 36.7 Å². The Kier molecular flexibility index (Phi) is 5.21. The summed E-state index contributed by atoms with van der Waals surface area (Å²) in [6.45, 7) is 6.38. The predicted octanol–water partition coefficient (Wildman–Crippen LogP) is 1.87. The van der Waals surface area contributed by atoms with Gasteiger partial charge in [0.25, 0.3) is 5.91 Å². The van der Waals surface area contributed by atoms with Gasteiger partial charge in [0.15, 0.2) is 0 Å². The Bertz CT molecular complexity index is 775. The van der Waals surface area contributed by atoms with E-state index in [1.165, 1.54) is 12.4 Å². The molecule has 1 aromatic heterocycles. The third kappa shape index (κ3) is 3.92. The van der Waals surface area contributed by atoms with E-state index in [1.54, 1.807) is 18.2 Å². The summed E-state index contributed by atoms with van der Waals surface area (Å²) < 4.78 is 0. The van der Waals surface area contributed by atoms with Crippen LogP contribution in [0.25, 0.3) is 0 Å². The first-order valence-corrected chi connectivity index (χ1v) is 8.31. The maximum Gasteiger partial charge on any atom is 0.257 e. The molecule has 1 N–H and O–H groups in total. The zero-order valence-corrected chi connectivity index (χ0v) is 14.1. The van der Waals surface area contributed by atoms with Gasteiger partial charge in [-0.05, 0) is 18.7 Å². The minimum absolute atomic E-state index is 0.0419. The van der Waals surface area contributed by atoms with Crippen LogP contribution in [0, 0.1) is 11.3 Å². The molecule has 1 aromatic carbocycles. The Labute approximate surface area is 146 Å². The molecule has 1 aliphatic rings. The maximum atomic E-state index is 12.5. The number of anilines is 2. The maximum absolute atomic E-state index is 12.5. The number of carbonyl (C=O) groups excluding carboxylic acids is 1. The van der Waals surface area contributed by atoms with Crippen LogP contribution in [-0.2, 0) is 0 Å². The lowest BCUT2D eigenvalue weighted by atomic mass is 10.2. The zero-order chi connectivity index (χ0) is 17.6. The van der Waals surface area contributed by atoms with Crippen LogP contribution in [-0.4, -0.2) is 58.4 Å². The van der Waals surface area contributed by atoms with Gasteiger partial charge in [-0.3, -0.25) is 4.79 Å². The number of likely N-dealkylation sites (N-methyl/N-ethyl adjacent to an activating group) is 1. The number of hydrogen-bond acceptors (Lipinski definition) is 6. The van der Waals surface area contributed by atoms with E-state index in [9.17, 15) is 4.79 Å². The summed E-state index contributed by atoms with van der Waals surface area (Å²) in [5.74, 6) is 0.315. The number of para-hydroxylation sites is 1. The standard InChI is InChI=1S/C18H20N6O/c1-2-23-7-9-24(10-8-23)17(25)15-12-20-18(21-13-15)22-16-6-4-3-5-14(16)11-19/h3-6,12-13H,2,7-10H2,1H3,(H,20,21,22). The van der Waals surface area contributed by atoms with Gasteiger partial charge in [-0.1, -0.05) is 19.1 Å². The molecular weight excluding hydrogens is 316 g/mol. The van der Waals surface area contributed by atoms with Crippen molar-refractivity contribution in [3.63, 3.8) is 0 Å².